The van der Waals surface area contributed by atoms with Gasteiger partial charge in [-0.15, -0.1) is 0 Å². The molecular weight excluding hydrogens is 260 g/mol. The second-order valence-electron chi connectivity index (χ2n) is 5.73. The molecule has 2 aromatic heterocycles. The molecule has 0 saturated heterocycles. The first-order valence-electron chi connectivity index (χ1n) is 7.47. The molecule has 1 aromatic carbocycles. The SMILES string of the molecule is Cc1ccc2cccc(-n3nc(N)c4c3CCCC4)c2n1. The standard InChI is InChI=1S/C17H18N4/c1-11-9-10-12-5-4-8-15(16(12)19-11)21-14-7-3-2-6-13(14)17(18)20-21/h4-5,8-10H,2-3,6-7H2,1H3,(H2,18,20). The average Bonchev–Trinajstić information content (AvgIpc) is 2.84. The van der Waals surface area contributed by atoms with Crippen molar-refractivity contribution in [2.45, 2.75) is 32.6 Å². The van der Waals surface area contributed by atoms with E-state index >= 15 is 0 Å². The summed E-state index contributed by atoms with van der Waals surface area (Å²) >= 11 is 0. The highest BCUT2D eigenvalue weighted by molar-refractivity contribution is 5.86. The largest absolute Gasteiger partial charge is 0.382 e. The fourth-order valence-electron chi connectivity index (χ4n) is 3.23. The number of para-hydroxylation sites is 1. The zero-order valence-corrected chi connectivity index (χ0v) is 12.1. The van der Waals surface area contributed by atoms with Crippen LogP contribution in [0.2, 0.25) is 0 Å². The molecule has 0 radical (unpaired) electrons. The first-order valence-corrected chi connectivity index (χ1v) is 7.47. The molecule has 4 heteroatoms. The zero-order valence-electron chi connectivity index (χ0n) is 12.1. The van der Waals surface area contributed by atoms with Crippen LogP contribution in [0.4, 0.5) is 5.82 Å². The monoisotopic (exact) mass is 278 g/mol. The summed E-state index contributed by atoms with van der Waals surface area (Å²) in [7, 11) is 0. The van der Waals surface area contributed by atoms with Crippen molar-refractivity contribution in [2.24, 2.45) is 0 Å². The van der Waals surface area contributed by atoms with Crippen LogP contribution >= 0.6 is 0 Å². The molecule has 3 aromatic rings. The summed E-state index contributed by atoms with van der Waals surface area (Å²) in [6, 6.07) is 10.4. The fourth-order valence-corrected chi connectivity index (χ4v) is 3.23. The molecule has 106 valence electrons. The second-order valence-corrected chi connectivity index (χ2v) is 5.73. The Morgan fingerprint density at radius 3 is 2.86 bits per heavy atom. The van der Waals surface area contributed by atoms with E-state index in [0.29, 0.717) is 5.82 Å². The third-order valence-electron chi connectivity index (χ3n) is 4.28. The van der Waals surface area contributed by atoms with Gasteiger partial charge in [0.15, 0.2) is 0 Å². The highest BCUT2D eigenvalue weighted by atomic mass is 15.3. The lowest BCUT2D eigenvalue weighted by Crippen LogP contribution is -2.08. The topological polar surface area (TPSA) is 56.7 Å². The summed E-state index contributed by atoms with van der Waals surface area (Å²) in [5.41, 5.74) is 11.7. The Labute approximate surface area is 123 Å². The van der Waals surface area contributed by atoms with Crippen molar-refractivity contribution >= 4 is 16.7 Å². The van der Waals surface area contributed by atoms with Crippen LogP contribution in [-0.2, 0) is 12.8 Å². The fraction of sp³-hybridized carbons (Fsp3) is 0.294. The Morgan fingerprint density at radius 1 is 1.10 bits per heavy atom. The first-order chi connectivity index (χ1) is 10.2. The van der Waals surface area contributed by atoms with Gasteiger partial charge in [-0.3, -0.25) is 4.98 Å². The molecule has 0 saturated carbocycles. The van der Waals surface area contributed by atoms with Crippen LogP contribution in [0, 0.1) is 6.92 Å². The summed E-state index contributed by atoms with van der Waals surface area (Å²) in [5, 5.41) is 5.73. The van der Waals surface area contributed by atoms with E-state index in [-0.39, 0.29) is 0 Å². The third-order valence-corrected chi connectivity index (χ3v) is 4.28. The molecule has 4 rings (SSSR count). The van der Waals surface area contributed by atoms with Crippen LogP contribution in [0.15, 0.2) is 30.3 Å². The Morgan fingerprint density at radius 2 is 1.95 bits per heavy atom. The van der Waals surface area contributed by atoms with Gasteiger partial charge >= 0.3 is 0 Å². The number of aryl methyl sites for hydroxylation is 1. The molecule has 0 aliphatic heterocycles. The minimum Gasteiger partial charge on any atom is -0.382 e. The molecule has 0 atom stereocenters. The van der Waals surface area contributed by atoms with Gasteiger partial charge < -0.3 is 5.73 Å². The van der Waals surface area contributed by atoms with E-state index in [4.69, 9.17) is 10.7 Å². The minimum absolute atomic E-state index is 0.675. The highest BCUT2D eigenvalue weighted by Gasteiger charge is 2.21. The van der Waals surface area contributed by atoms with Gasteiger partial charge in [0.2, 0.25) is 0 Å². The smallest absolute Gasteiger partial charge is 0.149 e. The first kappa shape index (κ1) is 12.4. The maximum absolute atomic E-state index is 6.12. The highest BCUT2D eigenvalue weighted by Crippen LogP contribution is 2.30. The molecule has 2 N–H and O–H groups in total. The van der Waals surface area contributed by atoms with Gasteiger partial charge in [0.05, 0.1) is 11.2 Å². The van der Waals surface area contributed by atoms with Gasteiger partial charge in [0, 0.05) is 22.3 Å². The van der Waals surface area contributed by atoms with E-state index < -0.39 is 0 Å². The molecular formula is C17H18N4. The summed E-state index contributed by atoms with van der Waals surface area (Å²) in [6.07, 6.45) is 4.49. The third kappa shape index (κ3) is 1.90. The van der Waals surface area contributed by atoms with Crippen LogP contribution in [0.1, 0.15) is 29.8 Å². The molecule has 0 amide bonds. The summed E-state index contributed by atoms with van der Waals surface area (Å²) in [4.78, 5) is 4.71. The average molecular weight is 278 g/mol. The molecule has 1 aliphatic carbocycles. The number of nitrogen functional groups attached to an aromatic ring is 1. The lowest BCUT2D eigenvalue weighted by atomic mass is 9.97. The lowest BCUT2D eigenvalue weighted by molar-refractivity contribution is 0.654. The predicted molar refractivity (Wildman–Crippen MR) is 84.7 cm³/mol. The van der Waals surface area contributed by atoms with E-state index in [0.717, 1.165) is 35.1 Å². The number of fused-ring (bicyclic) bond motifs is 2. The van der Waals surface area contributed by atoms with Crippen LogP contribution in [0.3, 0.4) is 0 Å². The molecule has 0 bridgehead atoms. The van der Waals surface area contributed by atoms with Crippen LogP contribution in [0.25, 0.3) is 16.6 Å². The summed E-state index contributed by atoms with van der Waals surface area (Å²) in [6.45, 7) is 2.02. The van der Waals surface area contributed by atoms with Crippen molar-refractivity contribution in [1.29, 1.82) is 0 Å². The molecule has 4 nitrogen and oxygen atoms in total. The normalized spacial score (nSPS) is 14.3. The van der Waals surface area contributed by atoms with E-state index in [1.807, 2.05) is 17.7 Å². The lowest BCUT2D eigenvalue weighted by Gasteiger charge is -2.14. The van der Waals surface area contributed by atoms with E-state index in [1.54, 1.807) is 0 Å². The van der Waals surface area contributed by atoms with Gasteiger partial charge in [-0.1, -0.05) is 18.2 Å². The molecule has 0 unspecified atom stereocenters. The number of anilines is 1. The zero-order chi connectivity index (χ0) is 14.4. The molecule has 21 heavy (non-hydrogen) atoms. The van der Waals surface area contributed by atoms with E-state index in [9.17, 15) is 0 Å². The van der Waals surface area contributed by atoms with Crippen molar-refractivity contribution in [3.05, 3.63) is 47.3 Å². The van der Waals surface area contributed by atoms with Crippen molar-refractivity contribution in [3.8, 4) is 5.69 Å². The van der Waals surface area contributed by atoms with Crippen molar-refractivity contribution in [2.75, 3.05) is 5.73 Å². The van der Waals surface area contributed by atoms with Gasteiger partial charge in [-0.25, -0.2) is 4.68 Å². The van der Waals surface area contributed by atoms with Gasteiger partial charge in [0.25, 0.3) is 0 Å². The Bertz CT molecular complexity index is 832. The van der Waals surface area contributed by atoms with Crippen LogP contribution < -0.4 is 5.73 Å². The van der Waals surface area contributed by atoms with Crippen molar-refractivity contribution in [1.82, 2.24) is 14.8 Å². The Kier molecular flexibility index (Phi) is 2.70. The van der Waals surface area contributed by atoms with Gasteiger partial charge in [0.1, 0.15) is 5.82 Å². The number of nitrogens with two attached hydrogens (primary N) is 1. The number of hydrogen-bond donors (Lipinski definition) is 1. The number of hydrogen-bond acceptors (Lipinski definition) is 3. The van der Waals surface area contributed by atoms with Crippen molar-refractivity contribution < 1.29 is 0 Å². The van der Waals surface area contributed by atoms with Gasteiger partial charge in [-0.2, -0.15) is 5.10 Å². The van der Waals surface area contributed by atoms with E-state index in [2.05, 4.69) is 29.4 Å². The Hall–Kier alpha value is -2.36. The minimum atomic E-state index is 0.675. The molecule has 2 heterocycles. The van der Waals surface area contributed by atoms with Crippen molar-refractivity contribution in [3.63, 3.8) is 0 Å². The number of rotatable bonds is 1. The molecule has 1 aliphatic rings. The van der Waals surface area contributed by atoms with Crippen LogP contribution in [-0.4, -0.2) is 14.8 Å². The summed E-state index contributed by atoms with van der Waals surface area (Å²) < 4.78 is 2.01. The quantitative estimate of drug-likeness (QED) is 0.743. The molecule has 0 spiro atoms. The number of pyridine rings is 1. The maximum atomic E-state index is 6.12. The number of nitrogens with zero attached hydrogens (tertiary/aromatic N) is 3. The van der Waals surface area contributed by atoms with Crippen LogP contribution in [0.5, 0.6) is 0 Å². The number of aromatic nitrogens is 3. The summed E-state index contributed by atoms with van der Waals surface area (Å²) in [5.74, 6) is 0.675. The second kappa shape index (κ2) is 4.58. The molecule has 0 fully saturated rings. The predicted octanol–water partition coefficient (Wildman–Crippen LogP) is 3.19. The maximum Gasteiger partial charge on any atom is 0.149 e. The van der Waals surface area contributed by atoms with E-state index in [1.165, 1.54) is 24.1 Å². The Balaban J connectivity index is 2.01. The number of benzene rings is 1. The van der Waals surface area contributed by atoms with Gasteiger partial charge in [-0.05, 0) is 44.7 Å².